The highest BCUT2D eigenvalue weighted by Crippen LogP contribution is 2.42. The Morgan fingerprint density at radius 1 is 1.18 bits per heavy atom. The van der Waals surface area contributed by atoms with Crippen LogP contribution >= 0.6 is 11.6 Å². The molecule has 1 aliphatic heterocycles. The van der Waals surface area contributed by atoms with Crippen LogP contribution in [-0.4, -0.2) is 39.3 Å². The molecule has 2 aliphatic rings. The van der Waals surface area contributed by atoms with Crippen molar-refractivity contribution in [3.63, 3.8) is 0 Å². The van der Waals surface area contributed by atoms with Crippen molar-refractivity contribution in [2.45, 2.75) is 44.1 Å². The van der Waals surface area contributed by atoms with E-state index in [4.69, 9.17) is 17.3 Å². The van der Waals surface area contributed by atoms with Gasteiger partial charge in [-0.15, -0.1) is 0 Å². The average molecular weight is 476 g/mol. The molecule has 5 rings (SSSR count). The van der Waals surface area contributed by atoms with Gasteiger partial charge in [0, 0.05) is 60.3 Å². The minimum absolute atomic E-state index is 0.0282. The summed E-state index contributed by atoms with van der Waals surface area (Å²) in [5.41, 5.74) is 9.55. The number of allylic oxidation sites excluding steroid dienone is 1. The molecule has 1 saturated carbocycles. The highest BCUT2D eigenvalue weighted by Gasteiger charge is 2.44. The van der Waals surface area contributed by atoms with Gasteiger partial charge < -0.3 is 16.0 Å². The van der Waals surface area contributed by atoms with Crippen molar-refractivity contribution in [1.82, 2.24) is 14.9 Å². The number of nitrogens with two attached hydrogens (primary N) is 1. The van der Waals surface area contributed by atoms with Gasteiger partial charge >= 0.3 is 0 Å². The van der Waals surface area contributed by atoms with Crippen LogP contribution in [0.3, 0.4) is 0 Å². The molecule has 0 bridgehead atoms. The maximum Gasteiger partial charge on any atom is 0.249 e. The number of hydrogen-bond donors (Lipinski definition) is 2. The van der Waals surface area contributed by atoms with Crippen LogP contribution in [0.15, 0.2) is 54.5 Å². The molecule has 1 aliphatic carbocycles. The number of amides is 2. The van der Waals surface area contributed by atoms with Gasteiger partial charge in [-0.05, 0) is 67.3 Å². The van der Waals surface area contributed by atoms with Crippen molar-refractivity contribution in [2.75, 3.05) is 18.1 Å². The summed E-state index contributed by atoms with van der Waals surface area (Å²) >= 11 is 6.33. The number of aromatic nitrogens is 2. The van der Waals surface area contributed by atoms with Crippen LogP contribution in [0.4, 0.5) is 11.5 Å². The van der Waals surface area contributed by atoms with E-state index in [0.717, 1.165) is 59.6 Å². The Bertz CT molecular complexity index is 1330. The number of rotatable bonds is 3. The van der Waals surface area contributed by atoms with E-state index >= 15 is 0 Å². The molecule has 3 aromatic rings. The van der Waals surface area contributed by atoms with Crippen LogP contribution in [-0.2, 0) is 9.59 Å². The third-order valence-corrected chi connectivity index (χ3v) is 7.58. The zero-order valence-corrected chi connectivity index (χ0v) is 19.7. The van der Waals surface area contributed by atoms with E-state index in [0.29, 0.717) is 22.9 Å². The number of nitrogen functional groups attached to an aromatic ring is 1. The van der Waals surface area contributed by atoms with E-state index in [1.165, 1.54) is 0 Å². The Morgan fingerprint density at radius 2 is 1.94 bits per heavy atom. The van der Waals surface area contributed by atoms with E-state index < -0.39 is 0 Å². The summed E-state index contributed by atoms with van der Waals surface area (Å²) in [5.74, 6) is 0.479. The smallest absolute Gasteiger partial charge is 0.249 e. The van der Waals surface area contributed by atoms with Gasteiger partial charge in [-0.2, -0.15) is 0 Å². The average Bonchev–Trinajstić information content (AvgIpc) is 3.09. The molecule has 174 valence electrons. The fraction of sp³-hybridized carbons (Fsp3) is 0.308. The van der Waals surface area contributed by atoms with Gasteiger partial charge in [-0.1, -0.05) is 17.2 Å². The number of fused-ring (bicyclic) bond motifs is 1. The number of carbonyl (C=O) groups excluding carboxylic acids is 2. The SMILES string of the molecule is CN1C(=O)CCC12CCC(=CC(=O)Nc1cc3cc(-c4cnccc4Cl)cc(N)c3cn1)CC2. The number of likely N-dealkylation sites (tertiary alicyclic amines) is 1. The Kier molecular flexibility index (Phi) is 5.73. The van der Waals surface area contributed by atoms with Gasteiger partial charge in [0.15, 0.2) is 0 Å². The highest BCUT2D eigenvalue weighted by atomic mass is 35.5. The fourth-order valence-electron chi connectivity index (χ4n) is 5.15. The molecule has 3 heterocycles. The second-order valence-electron chi connectivity index (χ2n) is 9.18. The molecule has 0 atom stereocenters. The normalized spacial score (nSPS) is 20.2. The van der Waals surface area contributed by atoms with Gasteiger partial charge in [0.25, 0.3) is 0 Å². The molecule has 1 saturated heterocycles. The van der Waals surface area contributed by atoms with Crippen LogP contribution in [0.25, 0.3) is 21.9 Å². The number of benzene rings is 1. The predicted molar refractivity (Wildman–Crippen MR) is 134 cm³/mol. The largest absolute Gasteiger partial charge is 0.398 e. The third-order valence-electron chi connectivity index (χ3n) is 7.25. The van der Waals surface area contributed by atoms with E-state index in [-0.39, 0.29) is 17.4 Å². The molecule has 34 heavy (non-hydrogen) atoms. The first-order chi connectivity index (χ1) is 16.3. The van der Waals surface area contributed by atoms with E-state index in [1.807, 2.05) is 30.1 Å². The van der Waals surface area contributed by atoms with Crippen LogP contribution in [0, 0.1) is 0 Å². The van der Waals surface area contributed by atoms with Crippen LogP contribution in [0.1, 0.15) is 38.5 Å². The third kappa shape index (κ3) is 4.12. The Morgan fingerprint density at radius 3 is 2.65 bits per heavy atom. The number of carbonyl (C=O) groups is 2. The van der Waals surface area contributed by atoms with Crippen LogP contribution < -0.4 is 11.1 Å². The molecular weight excluding hydrogens is 450 g/mol. The lowest BCUT2D eigenvalue weighted by atomic mass is 9.77. The van der Waals surface area contributed by atoms with Gasteiger partial charge in [-0.3, -0.25) is 14.6 Å². The molecule has 1 aromatic carbocycles. The summed E-state index contributed by atoms with van der Waals surface area (Å²) in [4.78, 5) is 35.1. The Balaban J connectivity index is 1.32. The molecule has 8 heteroatoms. The van der Waals surface area contributed by atoms with Crippen LogP contribution in [0.2, 0.25) is 5.02 Å². The highest BCUT2D eigenvalue weighted by molar-refractivity contribution is 6.33. The molecular formula is C26H26ClN5O2. The molecule has 0 radical (unpaired) electrons. The maximum absolute atomic E-state index is 12.7. The summed E-state index contributed by atoms with van der Waals surface area (Å²) in [6.45, 7) is 0. The zero-order chi connectivity index (χ0) is 23.9. The van der Waals surface area contributed by atoms with E-state index in [1.54, 1.807) is 30.7 Å². The van der Waals surface area contributed by atoms with Crippen molar-refractivity contribution in [1.29, 1.82) is 0 Å². The molecule has 2 aromatic heterocycles. The maximum atomic E-state index is 12.7. The first kappa shape index (κ1) is 22.3. The van der Waals surface area contributed by atoms with Crippen molar-refractivity contribution >= 4 is 45.7 Å². The standard InChI is InChI=1S/C26H26ClN5O2/c1-32-25(34)4-8-26(32)6-2-16(3-7-26)10-24(33)31-23-13-18-11-17(12-22(28)20(18)15-30-23)19-14-29-9-5-21(19)27/h5,9-15H,2-4,6-8,28H2,1H3,(H,30,31,33). The van der Waals surface area contributed by atoms with Crippen molar-refractivity contribution in [3.8, 4) is 11.1 Å². The van der Waals surface area contributed by atoms with E-state index in [9.17, 15) is 9.59 Å². The van der Waals surface area contributed by atoms with Crippen molar-refractivity contribution in [2.24, 2.45) is 0 Å². The minimum Gasteiger partial charge on any atom is -0.398 e. The van der Waals surface area contributed by atoms with E-state index in [2.05, 4.69) is 15.3 Å². The number of halogens is 1. The monoisotopic (exact) mass is 475 g/mol. The second-order valence-corrected chi connectivity index (χ2v) is 9.59. The number of pyridine rings is 2. The van der Waals surface area contributed by atoms with Crippen molar-refractivity contribution in [3.05, 3.63) is 59.5 Å². The van der Waals surface area contributed by atoms with Gasteiger partial charge in [0.1, 0.15) is 5.82 Å². The molecule has 7 nitrogen and oxygen atoms in total. The zero-order valence-electron chi connectivity index (χ0n) is 19.0. The van der Waals surface area contributed by atoms with Gasteiger partial charge in [0.05, 0.1) is 5.02 Å². The number of nitrogens with zero attached hydrogens (tertiary/aromatic N) is 3. The number of hydrogen-bond acceptors (Lipinski definition) is 5. The Labute approximate surface area is 203 Å². The lowest BCUT2D eigenvalue weighted by molar-refractivity contribution is -0.130. The molecule has 2 fully saturated rings. The summed E-state index contributed by atoms with van der Waals surface area (Å²) in [6, 6.07) is 7.36. The number of nitrogens with one attached hydrogen (secondary N) is 1. The lowest BCUT2D eigenvalue weighted by Gasteiger charge is -2.40. The predicted octanol–water partition coefficient (Wildman–Crippen LogP) is 4.96. The molecule has 1 spiro atoms. The topological polar surface area (TPSA) is 101 Å². The Hall–Kier alpha value is -3.45. The molecule has 3 N–H and O–H groups in total. The minimum atomic E-state index is -0.201. The van der Waals surface area contributed by atoms with Crippen LogP contribution in [0.5, 0.6) is 0 Å². The second kappa shape index (κ2) is 8.72. The first-order valence-corrected chi connectivity index (χ1v) is 11.8. The summed E-state index contributed by atoms with van der Waals surface area (Å²) in [6.07, 6.45) is 11.7. The lowest BCUT2D eigenvalue weighted by Crippen LogP contribution is -2.44. The fourth-order valence-corrected chi connectivity index (χ4v) is 5.37. The summed E-state index contributed by atoms with van der Waals surface area (Å²) in [7, 11) is 1.91. The molecule has 2 amide bonds. The number of anilines is 2. The summed E-state index contributed by atoms with van der Waals surface area (Å²) in [5, 5.41) is 5.11. The van der Waals surface area contributed by atoms with Gasteiger partial charge in [-0.25, -0.2) is 4.98 Å². The first-order valence-electron chi connectivity index (χ1n) is 11.4. The summed E-state index contributed by atoms with van der Waals surface area (Å²) < 4.78 is 0. The molecule has 0 unspecified atom stereocenters. The van der Waals surface area contributed by atoms with Crippen molar-refractivity contribution < 1.29 is 9.59 Å². The van der Waals surface area contributed by atoms with Gasteiger partial charge in [0.2, 0.25) is 11.8 Å². The quantitative estimate of drug-likeness (QED) is 0.411.